The van der Waals surface area contributed by atoms with E-state index >= 15 is 0 Å². The number of alkyl halides is 3. The molecule has 1 aromatic carbocycles. The van der Waals surface area contributed by atoms with Crippen LogP contribution in [0.15, 0.2) is 29.5 Å². The minimum atomic E-state index is -4.75. The van der Waals surface area contributed by atoms with Gasteiger partial charge in [0, 0.05) is 24.4 Å². The number of carbonyl (C=O) groups excluding carboxylic acids is 1. The molecular weight excluding hydrogens is 345 g/mol. The van der Waals surface area contributed by atoms with Crippen LogP contribution in [-0.2, 0) is 6.18 Å². The van der Waals surface area contributed by atoms with E-state index in [1.807, 2.05) is 0 Å². The first kappa shape index (κ1) is 19.9. The number of ether oxygens (including phenoxy) is 1. The Bertz CT molecular complexity index is 744. The smallest absolute Gasteiger partial charge is 0.416 e. The third-order valence-corrected chi connectivity index (χ3v) is 3.13. The van der Waals surface area contributed by atoms with E-state index in [1.54, 1.807) is 0 Å². The van der Waals surface area contributed by atoms with Gasteiger partial charge in [0.15, 0.2) is 0 Å². The van der Waals surface area contributed by atoms with E-state index < -0.39 is 40.0 Å². The number of carbonyl (C=O) groups is 1. The van der Waals surface area contributed by atoms with Crippen molar-refractivity contribution in [3.05, 3.63) is 45.1 Å². The normalized spacial score (nSPS) is 12.1. The van der Waals surface area contributed by atoms with Crippen LogP contribution >= 0.6 is 0 Å². The molecule has 3 N–H and O–H groups in total. The van der Waals surface area contributed by atoms with Crippen molar-refractivity contribution in [3.63, 3.8) is 0 Å². The van der Waals surface area contributed by atoms with Gasteiger partial charge in [0.2, 0.25) is 11.6 Å². The summed E-state index contributed by atoms with van der Waals surface area (Å²) in [6, 6.07) is 1.16. The number of hydrogen-bond donors (Lipinski definition) is 3. The molecule has 0 saturated carbocycles. The molecule has 0 atom stereocenters. The summed E-state index contributed by atoms with van der Waals surface area (Å²) >= 11 is 0. The topological polar surface area (TPSA) is 117 Å². The number of rotatable bonds is 4. The fourth-order valence-electron chi connectivity index (χ4n) is 1.61. The average molecular weight is 360 g/mol. The van der Waals surface area contributed by atoms with Crippen molar-refractivity contribution in [2.24, 2.45) is 0 Å². The van der Waals surface area contributed by atoms with Gasteiger partial charge in [-0.25, -0.2) is 4.79 Å². The second-order valence-electron chi connectivity index (χ2n) is 4.82. The van der Waals surface area contributed by atoms with Crippen molar-refractivity contribution in [2.75, 3.05) is 7.05 Å². The number of nitrogens with one attached hydrogen (secondary N) is 3. The number of halogens is 3. The summed E-state index contributed by atoms with van der Waals surface area (Å²) in [5.74, 6) is -1.08. The van der Waals surface area contributed by atoms with Crippen LogP contribution in [0.4, 0.5) is 23.7 Å². The average Bonchev–Trinajstić information content (AvgIpc) is 2.52. The first-order valence-electron chi connectivity index (χ1n) is 6.76. The summed E-state index contributed by atoms with van der Waals surface area (Å²) in [7, 11) is 1.38. The molecule has 1 aromatic rings. The van der Waals surface area contributed by atoms with Crippen molar-refractivity contribution in [1.29, 1.82) is 5.41 Å². The Kier molecular flexibility index (Phi) is 6.09. The molecule has 0 fully saturated rings. The highest BCUT2D eigenvalue weighted by Crippen LogP contribution is 2.36. The molecule has 0 radical (unpaired) electrons. The number of nitro benzene ring substituents is 1. The number of benzene rings is 1. The molecular formula is C14H15F3N4O4. The van der Waals surface area contributed by atoms with Crippen molar-refractivity contribution in [1.82, 2.24) is 10.6 Å². The Morgan fingerprint density at radius 1 is 1.32 bits per heavy atom. The van der Waals surface area contributed by atoms with Crippen molar-refractivity contribution in [2.45, 2.75) is 20.0 Å². The maximum absolute atomic E-state index is 12.7. The largest absolute Gasteiger partial charge is 0.432 e. The standard InChI is InChI=1S/C14H15F3N4O4/c1-7(8(2)20-13(22)19-3)12(18)25-11-5-4-9(14(15,16)17)6-10(11)21(23)24/h4-6,18H,1-3H3,(H2,19,20,22)/b8-7-,18-12?. The van der Waals surface area contributed by atoms with Gasteiger partial charge in [0.05, 0.1) is 10.5 Å². The number of urea groups is 1. The van der Waals surface area contributed by atoms with Crippen LogP contribution in [0.3, 0.4) is 0 Å². The summed E-state index contributed by atoms with van der Waals surface area (Å²) in [5.41, 5.74) is -1.76. The molecule has 0 aliphatic rings. The van der Waals surface area contributed by atoms with Gasteiger partial charge in [-0.2, -0.15) is 13.2 Å². The lowest BCUT2D eigenvalue weighted by Gasteiger charge is -2.13. The number of hydrogen-bond acceptors (Lipinski definition) is 5. The predicted molar refractivity (Wildman–Crippen MR) is 82.4 cm³/mol. The van der Waals surface area contributed by atoms with Gasteiger partial charge < -0.3 is 15.4 Å². The van der Waals surface area contributed by atoms with Crippen LogP contribution in [0.2, 0.25) is 0 Å². The van der Waals surface area contributed by atoms with Crippen molar-refractivity contribution >= 4 is 17.6 Å². The Balaban J connectivity index is 3.13. The fourth-order valence-corrected chi connectivity index (χ4v) is 1.61. The van der Waals surface area contributed by atoms with E-state index in [0.717, 1.165) is 6.07 Å². The van der Waals surface area contributed by atoms with Gasteiger partial charge in [-0.1, -0.05) is 0 Å². The predicted octanol–water partition coefficient (Wildman–Crippen LogP) is 3.19. The highest BCUT2D eigenvalue weighted by atomic mass is 19.4. The van der Waals surface area contributed by atoms with Gasteiger partial charge in [0.1, 0.15) is 0 Å². The van der Waals surface area contributed by atoms with Crippen LogP contribution in [-0.4, -0.2) is 23.9 Å². The maximum atomic E-state index is 12.7. The molecule has 11 heteroatoms. The minimum absolute atomic E-state index is 0.137. The summed E-state index contributed by atoms with van der Waals surface area (Å²) in [6.45, 7) is 2.87. The molecule has 1 rings (SSSR count). The lowest BCUT2D eigenvalue weighted by molar-refractivity contribution is -0.385. The summed E-state index contributed by atoms with van der Waals surface area (Å²) in [4.78, 5) is 21.2. The van der Waals surface area contributed by atoms with Gasteiger partial charge in [-0.15, -0.1) is 0 Å². The third-order valence-electron chi connectivity index (χ3n) is 3.13. The Hall–Kier alpha value is -3.11. The highest BCUT2D eigenvalue weighted by Gasteiger charge is 2.33. The molecule has 136 valence electrons. The second kappa shape index (κ2) is 7.64. The van der Waals surface area contributed by atoms with Crippen LogP contribution in [0.1, 0.15) is 19.4 Å². The molecule has 0 bridgehead atoms. The van der Waals surface area contributed by atoms with E-state index in [1.165, 1.54) is 20.9 Å². The molecule has 0 unspecified atom stereocenters. The molecule has 2 amide bonds. The van der Waals surface area contributed by atoms with Crippen molar-refractivity contribution < 1.29 is 27.6 Å². The van der Waals surface area contributed by atoms with Gasteiger partial charge >= 0.3 is 17.9 Å². The zero-order valence-electron chi connectivity index (χ0n) is 13.4. The van der Waals surface area contributed by atoms with E-state index in [4.69, 9.17) is 10.1 Å². The monoisotopic (exact) mass is 360 g/mol. The first-order chi connectivity index (χ1) is 11.5. The van der Waals surface area contributed by atoms with E-state index in [2.05, 4.69) is 10.6 Å². The van der Waals surface area contributed by atoms with Crippen LogP contribution < -0.4 is 15.4 Å². The molecule has 0 saturated heterocycles. The molecule has 25 heavy (non-hydrogen) atoms. The first-order valence-corrected chi connectivity index (χ1v) is 6.76. The summed E-state index contributed by atoms with van der Waals surface area (Å²) in [6.07, 6.45) is -4.75. The third kappa shape index (κ3) is 5.19. The Labute approximate surface area is 140 Å². The zero-order chi connectivity index (χ0) is 19.4. The van der Waals surface area contributed by atoms with Gasteiger partial charge in [-0.3, -0.25) is 15.5 Å². The van der Waals surface area contributed by atoms with E-state index in [9.17, 15) is 28.1 Å². The maximum Gasteiger partial charge on any atom is 0.416 e. The summed E-state index contributed by atoms with van der Waals surface area (Å²) in [5, 5.41) is 23.4. The quantitative estimate of drug-likeness (QED) is 0.331. The van der Waals surface area contributed by atoms with Crippen LogP contribution in [0.5, 0.6) is 5.75 Å². The Morgan fingerprint density at radius 3 is 2.40 bits per heavy atom. The molecule has 8 nitrogen and oxygen atoms in total. The van der Waals surface area contributed by atoms with E-state index in [-0.39, 0.29) is 11.3 Å². The molecule has 0 heterocycles. The zero-order valence-corrected chi connectivity index (χ0v) is 13.4. The Morgan fingerprint density at radius 2 is 1.92 bits per heavy atom. The second-order valence-corrected chi connectivity index (χ2v) is 4.82. The number of nitro groups is 1. The molecule has 0 aliphatic carbocycles. The highest BCUT2D eigenvalue weighted by molar-refractivity contribution is 5.94. The van der Waals surface area contributed by atoms with Crippen LogP contribution in [0.25, 0.3) is 0 Å². The molecule has 0 aliphatic heterocycles. The lowest BCUT2D eigenvalue weighted by Crippen LogP contribution is -2.32. The number of allylic oxidation sites excluding steroid dienone is 1. The van der Waals surface area contributed by atoms with E-state index in [0.29, 0.717) is 12.1 Å². The van der Waals surface area contributed by atoms with Gasteiger partial charge in [0.25, 0.3) is 0 Å². The van der Waals surface area contributed by atoms with Crippen molar-refractivity contribution in [3.8, 4) is 5.75 Å². The van der Waals surface area contributed by atoms with Crippen LogP contribution in [0, 0.1) is 15.5 Å². The molecule has 0 aromatic heterocycles. The SMILES string of the molecule is CNC(=O)N/C(C)=C(/C)C(=N)Oc1ccc(C(F)(F)F)cc1[N+](=O)[O-]. The number of nitrogens with zero attached hydrogens (tertiary/aromatic N) is 1. The number of amides is 2. The summed E-state index contributed by atoms with van der Waals surface area (Å²) < 4.78 is 43.0. The molecule has 0 spiro atoms. The van der Waals surface area contributed by atoms with Gasteiger partial charge in [-0.05, 0) is 26.0 Å². The minimum Gasteiger partial charge on any atom is -0.432 e. The lowest BCUT2D eigenvalue weighted by atomic mass is 10.1. The fraction of sp³-hybridized carbons (Fsp3) is 0.286.